The Morgan fingerprint density at radius 2 is 2.00 bits per heavy atom. The molecular formula is C10H21N2PS. The first kappa shape index (κ1) is 14.2. The van der Waals surface area contributed by atoms with Gasteiger partial charge in [0.05, 0.1) is 0 Å². The Morgan fingerprint density at radius 1 is 1.29 bits per heavy atom. The van der Waals surface area contributed by atoms with E-state index in [0.29, 0.717) is 0 Å². The van der Waals surface area contributed by atoms with E-state index in [1.807, 2.05) is 12.2 Å². The summed E-state index contributed by atoms with van der Waals surface area (Å²) in [4.78, 5) is 0. The normalized spacial score (nSPS) is 11.0. The molecule has 0 aromatic carbocycles. The summed E-state index contributed by atoms with van der Waals surface area (Å²) in [6.07, 6.45) is 5.12. The molecule has 0 aromatic heterocycles. The highest BCUT2D eigenvalue weighted by Gasteiger charge is 1.88. The van der Waals surface area contributed by atoms with Crippen molar-refractivity contribution in [2.24, 2.45) is 0 Å². The number of thiol groups is 1. The molecule has 0 amide bonds. The van der Waals surface area contributed by atoms with Crippen molar-refractivity contribution >= 4 is 21.9 Å². The molecule has 0 rings (SSSR count). The molecule has 0 radical (unpaired) electrons. The van der Waals surface area contributed by atoms with Gasteiger partial charge in [-0.2, -0.15) is 12.6 Å². The van der Waals surface area contributed by atoms with Gasteiger partial charge in [-0.15, -0.1) is 9.24 Å². The third kappa shape index (κ3) is 10.3. The molecule has 0 spiro atoms. The highest BCUT2D eigenvalue weighted by Crippen LogP contribution is 1.90. The lowest BCUT2D eigenvalue weighted by molar-refractivity contribution is 0.652. The summed E-state index contributed by atoms with van der Waals surface area (Å²) in [7, 11) is 2.70. The number of nitrogens with one attached hydrogen (secondary N) is 2. The van der Waals surface area contributed by atoms with Crippen LogP contribution >= 0.6 is 21.9 Å². The van der Waals surface area contributed by atoms with E-state index in [1.165, 1.54) is 0 Å². The van der Waals surface area contributed by atoms with Gasteiger partial charge < -0.3 is 10.6 Å². The molecule has 2 N–H and O–H groups in total. The molecule has 1 unspecified atom stereocenters. The lowest BCUT2D eigenvalue weighted by Crippen LogP contribution is -2.29. The zero-order chi connectivity index (χ0) is 10.6. The number of hydrogen-bond donors (Lipinski definition) is 3. The van der Waals surface area contributed by atoms with Crippen molar-refractivity contribution in [1.29, 1.82) is 0 Å². The number of rotatable bonds is 9. The minimum Gasteiger partial charge on any atom is -0.315 e. The maximum absolute atomic E-state index is 4.08. The van der Waals surface area contributed by atoms with Crippen molar-refractivity contribution in [2.75, 3.05) is 38.1 Å². The Bertz CT molecular complexity index is 172. The van der Waals surface area contributed by atoms with E-state index in [9.17, 15) is 0 Å². The molecule has 0 aliphatic heterocycles. The Morgan fingerprint density at radius 3 is 2.64 bits per heavy atom. The molecule has 0 aromatic rings. The van der Waals surface area contributed by atoms with Crippen LogP contribution in [0.3, 0.4) is 0 Å². The molecule has 0 saturated carbocycles. The van der Waals surface area contributed by atoms with E-state index in [1.54, 1.807) is 0 Å². The summed E-state index contributed by atoms with van der Waals surface area (Å²) in [5.74, 6) is 0.773. The van der Waals surface area contributed by atoms with Gasteiger partial charge >= 0.3 is 0 Å². The van der Waals surface area contributed by atoms with E-state index in [0.717, 1.165) is 43.7 Å². The Kier molecular flexibility index (Phi) is 11.4. The highest BCUT2D eigenvalue weighted by molar-refractivity contribution is 7.80. The van der Waals surface area contributed by atoms with Crippen LogP contribution in [0.2, 0.25) is 0 Å². The molecule has 4 heteroatoms. The van der Waals surface area contributed by atoms with Gasteiger partial charge in [0, 0.05) is 25.4 Å². The van der Waals surface area contributed by atoms with E-state index >= 15 is 0 Å². The molecule has 0 fully saturated rings. The van der Waals surface area contributed by atoms with Crippen LogP contribution in [-0.2, 0) is 0 Å². The topological polar surface area (TPSA) is 24.1 Å². The molecule has 0 aliphatic carbocycles. The van der Waals surface area contributed by atoms with E-state index in [-0.39, 0.29) is 0 Å². The summed E-state index contributed by atoms with van der Waals surface area (Å²) in [6.45, 7) is 7.83. The monoisotopic (exact) mass is 232 g/mol. The van der Waals surface area contributed by atoms with Crippen molar-refractivity contribution in [2.45, 2.75) is 0 Å². The SMILES string of the molecule is C=C(/C=C\CS)CNCCNCCP. The molecular weight excluding hydrogens is 211 g/mol. The molecule has 0 heterocycles. The van der Waals surface area contributed by atoms with Gasteiger partial charge in [-0.05, 0) is 18.3 Å². The first-order chi connectivity index (χ1) is 6.81. The van der Waals surface area contributed by atoms with Crippen LogP contribution in [0.1, 0.15) is 0 Å². The van der Waals surface area contributed by atoms with Gasteiger partial charge in [-0.3, -0.25) is 0 Å². The Hall–Kier alpha value is 0.180. The second-order valence-electron chi connectivity index (χ2n) is 2.96. The molecule has 0 aliphatic rings. The largest absolute Gasteiger partial charge is 0.315 e. The van der Waals surface area contributed by atoms with Crippen LogP contribution < -0.4 is 10.6 Å². The summed E-state index contributed by atoms with van der Waals surface area (Å²) < 4.78 is 0. The molecule has 14 heavy (non-hydrogen) atoms. The van der Waals surface area contributed by atoms with Crippen molar-refractivity contribution < 1.29 is 0 Å². The van der Waals surface area contributed by atoms with Crippen molar-refractivity contribution in [1.82, 2.24) is 10.6 Å². The molecule has 0 bridgehead atoms. The quantitative estimate of drug-likeness (QED) is 0.240. The zero-order valence-electron chi connectivity index (χ0n) is 8.63. The van der Waals surface area contributed by atoms with Gasteiger partial charge in [0.25, 0.3) is 0 Å². The van der Waals surface area contributed by atoms with Crippen LogP contribution in [0, 0.1) is 0 Å². The molecule has 2 nitrogen and oxygen atoms in total. The number of hydrogen-bond acceptors (Lipinski definition) is 3. The Balaban J connectivity index is 3.19. The zero-order valence-corrected chi connectivity index (χ0v) is 10.7. The smallest absolute Gasteiger partial charge is 0.0200 e. The second kappa shape index (κ2) is 11.3. The van der Waals surface area contributed by atoms with Gasteiger partial charge in [0.15, 0.2) is 0 Å². The maximum Gasteiger partial charge on any atom is 0.0200 e. The minimum absolute atomic E-state index is 0.773. The van der Waals surface area contributed by atoms with Crippen LogP contribution in [0.15, 0.2) is 24.3 Å². The van der Waals surface area contributed by atoms with Crippen molar-refractivity contribution in [3.63, 3.8) is 0 Å². The third-order valence-corrected chi connectivity index (χ3v) is 2.11. The lowest BCUT2D eigenvalue weighted by atomic mass is 10.3. The first-order valence-electron chi connectivity index (χ1n) is 4.88. The summed E-state index contributed by atoms with van der Waals surface area (Å²) >= 11 is 4.08. The van der Waals surface area contributed by atoms with E-state index < -0.39 is 0 Å². The fourth-order valence-corrected chi connectivity index (χ4v) is 1.24. The van der Waals surface area contributed by atoms with Crippen LogP contribution in [0.25, 0.3) is 0 Å². The molecule has 82 valence electrons. The summed E-state index contributed by atoms with van der Waals surface area (Å²) in [6, 6.07) is 0. The Labute approximate surface area is 95.2 Å². The van der Waals surface area contributed by atoms with Crippen molar-refractivity contribution in [3.8, 4) is 0 Å². The maximum atomic E-state index is 4.08. The fraction of sp³-hybridized carbons (Fsp3) is 0.600. The van der Waals surface area contributed by atoms with Crippen molar-refractivity contribution in [3.05, 3.63) is 24.3 Å². The fourth-order valence-electron chi connectivity index (χ4n) is 0.931. The molecule has 1 atom stereocenters. The van der Waals surface area contributed by atoms with Crippen LogP contribution in [0.5, 0.6) is 0 Å². The van der Waals surface area contributed by atoms with Gasteiger partial charge in [0.2, 0.25) is 0 Å². The van der Waals surface area contributed by atoms with E-state index in [2.05, 4.69) is 39.1 Å². The first-order valence-corrected chi connectivity index (χ1v) is 6.33. The van der Waals surface area contributed by atoms with Gasteiger partial charge in [-0.1, -0.05) is 18.7 Å². The van der Waals surface area contributed by atoms with Gasteiger partial charge in [-0.25, -0.2) is 0 Å². The van der Waals surface area contributed by atoms with E-state index in [4.69, 9.17) is 0 Å². The third-order valence-electron chi connectivity index (χ3n) is 1.61. The minimum atomic E-state index is 0.773. The predicted octanol–water partition coefficient (Wildman–Crippen LogP) is 1.08. The molecule has 0 saturated heterocycles. The highest BCUT2D eigenvalue weighted by atomic mass is 32.1. The average molecular weight is 232 g/mol. The van der Waals surface area contributed by atoms with Gasteiger partial charge in [0.1, 0.15) is 0 Å². The second-order valence-corrected chi connectivity index (χ2v) is 3.90. The standard InChI is InChI=1S/C10H21N2PS/c1-10(3-2-8-14)9-12-5-4-11-6-7-13/h2-3,11-12,14H,1,4-9,13H2/b3-2-. The summed E-state index contributed by atoms with van der Waals surface area (Å²) in [5.41, 5.74) is 1.10. The lowest BCUT2D eigenvalue weighted by Gasteiger charge is -2.05. The van der Waals surface area contributed by atoms with Crippen LogP contribution in [0.4, 0.5) is 0 Å². The van der Waals surface area contributed by atoms with Crippen LogP contribution in [-0.4, -0.2) is 38.1 Å². The predicted molar refractivity (Wildman–Crippen MR) is 72.4 cm³/mol. The summed E-state index contributed by atoms with van der Waals surface area (Å²) in [5, 5.41) is 6.62. The average Bonchev–Trinajstić information content (AvgIpc) is 2.20.